The maximum Gasteiger partial charge on any atom is 0.254 e. The maximum absolute atomic E-state index is 13.0. The molecule has 0 amide bonds. The van der Waals surface area contributed by atoms with E-state index in [-0.39, 0.29) is 5.56 Å². The van der Waals surface area contributed by atoms with Crippen LogP contribution in [0.4, 0.5) is 0 Å². The molecule has 34 heavy (non-hydrogen) atoms. The average molecular weight is 471 g/mol. The number of hydrogen-bond acceptors (Lipinski definition) is 4. The number of rotatable bonds is 7. The van der Waals surface area contributed by atoms with Crippen molar-refractivity contribution in [2.45, 2.75) is 13.1 Å². The second kappa shape index (κ2) is 9.55. The molecule has 5 aromatic rings. The number of H-pyrrole nitrogens is 1. The van der Waals surface area contributed by atoms with Gasteiger partial charge in [0.25, 0.3) is 5.56 Å². The minimum Gasteiger partial charge on any atom is -0.497 e. The topological polar surface area (TPSA) is 71.9 Å². The standard InChI is InChI=1S/C27H23ClN4O2/c1-34-23-13-9-19(10-14-23)25-24-15-20(17-29-16-18-7-11-21(28)12-8-18)27(33)30-26(24)32(31-25)22-5-3-2-4-6-22/h2-15,29H,16-17H2,1H3,(H,30,33). The van der Waals surface area contributed by atoms with E-state index in [1.165, 1.54) is 0 Å². The van der Waals surface area contributed by atoms with Crippen LogP contribution >= 0.6 is 11.6 Å². The summed E-state index contributed by atoms with van der Waals surface area (Å²) in [7, 11) is 1.64. The monoisotopic (exact) mass is 470 g/mol. The second-order valence-electron chi connectivity index (χ2n) is 7.94. The van der Waals surface area contributed by atoms with Crippen LogP contribution in [0.1, 0.15) is 11.1 Å². The van der Waals surface area contributed by atoms with Crippen molar-refractivity contribution in [2.75, 3.05) is 7.11 Å². The van der Waals surface area contributed by atoms with Gasteiger partial charge in [-0.2, -0.15) is 5.10 Å². The number of nitrogens with one attached hydrogen (secondary N) is 2. The molecule has 5 rings (SSSR count). The third kappa shape index (κ3) is 4.46. The predicted octanol–water partition coefficient (Wildman–Crippen LogP) is 5.33. The lowest BCUT2D eigenvalue weighted by atomic mass is 10.1. The zero-order valence-corrected chi connectivity index (χ0v) is 19.3. The molecule has 2 heterocycles. The quantitative estimate of drug-likeness (QED) is 0.337. The highest BCUT2D eigenvalue weighted by atomic mass is 35.5. The number of pyridine rings is 1. The number of fused-ring (bicyclic) bond motifs is 1. The largest absolute Gasteiger partial charge is 0.497 e. The second-order valence-corrected chi connectivity index (χ2v) is 8.38. The van der Waals surface area contributed by atoms with Gasteiger partial charge in [0.15, 0.2) is 0 Å². The molecule has 0 saturated heterocycles. The van der Waals surface area contributed by atoms with Crippen LogP contribution in [0.5, 0.6) is 5.75 Å². The molecule has 0 spiro atoms. The number of para-hydroxylation sites is 1. The van der Waals surface area contributed by atoms with Crippen LogP contribution in [-0.4, -0.2) is 21.9 Å². The minimum absolute atomic E-state index is 0.144. The van der Waals surface area contributed by atoms with Crippen molar-refractivity contribution in [1.29, 1.82) is 0 Å². The van der Waals surface area contributed by atoms with E-state index in [9.17, 15) is 4.79 Å². The third-order valence-corrected chi connectivity index (χ3v) is 5.94. The number of ether oxygens (including phenoxy) is 1. The molecule has 6 nitrogen and oxygen atoms in total. The van der Waals surface area contributed by atoms with E-state index in [4.69, 9.17) is 21.4 Å². The molecule has 3 aromatic carbocycles. The van der Waals surface area contributed by atoms with Gasteiger partial charge in [-0.25, -0.2) is 4.68 Å². The number of aromatic amines is 1. The van der Waals surface area contributed by atoms with Crippen LogP contribution in [0.15, 0.2) is 89.7 Å². The molecular weight excluding hydrogens is 448 g/mol. The van der Waals surface area contributed by atoms with E-state index >= 15 is 0 Å². The van der Waals surface area contributed by atoms with Gasteiger partial charge in [-0.15, -0.1) is 0 Å². The molecule has 2 aromatic heterocycles. The fourth-order valence-corrected chi connectivity index (χ4v) is 4.03. The van der Waals surface area contributed by atoms with Crippen LogP contribution in [0, 0.1) is 0 Å². The van der Waals surface area contributed by atoms with Crippen LogP contribution in [0.25, 0.3) is 28.0 Å². The minimum atomic E-state index is -0.144. The van der Waals surface area contributed by atoms with Gasteiger partial charge >= 0.3 is 0 Å². The van der Waals surface area contributed by atoms with E-state index < -0.39 is 0 Å². The molecule has 0 aliphatic rings. The predicted molar refractivity (Wildman–Crippen MR) is 136 cm³/mol. The summed E-state index contributed by atoms with van der Waals surface area (Å²) in [5, 5.41) is 9.80. The Morgan fingerprint density at radius 1 is 0.971 bits per heavy atom. The molecule has 0 radical (unpaired) electrons. The van der Waals surface area contributed by atoms with Crippen molar-refractivity contribution in [3.63, 3.8) is 0 Å². The summed E-state index contributed by atoms with van der Waals surface area (Å²) in [6.07, 6.45) is 0. The summed E-state index contributed by atoms with van der Waals surface area (Å²) in [6.45, 7) is 1.05. The Morgan fingerprint density at radius 3 is 2.41 bits per heavy atom. The molecule has 0 bridgehead atoms. The first-order chi connectivity index (χ1) is 16.6. The van der Waals surface area contributed by atoms with Gasteiger partial charge in [-0.05, 0) is 60.2 Å². The fourth-order valence-electron chi connectivity index (χ4n) is 3.91. The van der Waals surface area contributed by atoms with Gasteiger partial charge in [0.05, 0.1) is 12.8 Å². The van der Waals surface area contributed by atoms with Gasteiger partial charge in [-0.3, -0.25) is 4.79 Å². The summed E-state index contributed by atoms with van der Waals surface area (Å²) in [5.74, 6) is 0.774. The fraction of sp³-hybridized carbons (Fsp3) is 0.111. The number of benzene rings is 3. The zero-order valence-electron chi connectivity index (χ0n) is 18.6. The Hall–Kier alpha value is -3.87. The van der Waals surface area contributed by atoms with Crippen LogP contribution < -0.4 is 15.6 Å². The number of methoxy groups -OCH3 is 1. The highest BCUT2D eigenvalue weighted by Gasteiger charge is 2.17. The lowest BCUT2D eigenvalue weighted by Crippen LogP contribution is -2.21. The van der Waals surface area contributed by atoms with E-state index in [1.807, 2.05) is 84.9 Å². The Bertz CT molecular complexity index is 1470. The summed E-state index contributed by atoms with van der Waals surface area (Å²) in [4.78, 5) is 16.0. The Balaban J connectivity index is 1.54. The number of halogens is 1. The summed E-state index contributed by atoms with van der Waals surface area (Å²) in [6, 6.07) is 27.1. The first kappa shape index (κ1) is 21.9. The molecule has 0 unspecified atom stereocenters. The molecule has 2 N–H and O–H groups in total. The number of hydrogen-bond donors (Lipinski definition) is 2. The van der Waals surface area contributed by atoms with Gasteiger partial charge in [0.2, 0.25) is 0 Å². The Morgan fingerprint density at radius 2 is 1.71 bits per heavy atom. The molecule has 0 saturated carbocycles. The van der Waals surface area contributed by atoms with Crippen molar-refractivity contribution < 1.29 is 4.74 Å². The first-order valence-corrected chi connectivity index (χ1v) is 11.3. The molecule has 0 aliphatic carbocycles. The van der Waals surface area contributed by atoms with E-state index in [0.29, 0.717) is 29.3 Å². The lowest BCUT2D eigenvalue weighted by Gasteiger charge is -2.07. The first-order valence-electron chi connectivity index (χ1n) is 10.9. The molecule has 0 aliphatic heterocycles. The molecule has 170 valence electrons. The summed E-state index contributed by atoms with van der Waals surface area (Å²) in [5.41, 5.74) is 4.85. The maximum atomic E-state index is 13.0. The SMILES string of the molecule is COc1ccc(-c2nn(-c3ccccc3)c3[nH]c(=O)c(CNCc4ccc(Cl)cc4)cc23)cc1. The molecule has 7 heteroatoms. The Labute approximate surface area is 201 Å². The molecular formula is C27H23ClN4O2. The third-order valence-electron chi connectivity index (χ3n) is 5.69. The van der Waals surface area contributed by atoms with Gasteiger partial charge in [-0.1, -0.05) is 41.9 Å². The van der Waals surface area contributed by atoms with Crippen LogP contribution in [0.2, 0.25) is 5.02 Å². The van der Waals surface area contributed by atoms with E-state index in [0.717, 1.165) is 33.6 Å². The summed E-state index contributed by atoms with van der Waals surface area (Å²) >= 11 is 5.97. The van der Waals surface area contributed by atoms with Crippen molar-refractivity contribution in [1.82, 2.24) is 20.1 Å². The van der Waals surface area contributed by atoms with Gasteiger partial charge < -0.3 is 15.0 Å². The van der Waals surface area contributed by atoms with Gasteiger partial charge in [0.1, 0.15) is 17.1 Å². The highest BCUT2D eigenvalue weighted by Crippen LogP contribution is 2.30. The number of nitrogens with zero attached hydrogens (tertiary/aromatic N) is 2. The van der Waals surface area contributed by atoms with Crippen LogP contribution in [-0.2, 0) is 13.1 Å². The van der Waals surface area contributed by atoms with Crippen molar-refractivity contribution in [2.24, 2.45) is 0 Å². The summed E-state index contributed by atoms with van der Waals surface area (Å²) < 4.78 is 7.08. The smallest absolute Gasteiger partial charge is 0.254 e. The molecule has 0 fully saturated rings. The van der Waals surface area contributed by atoms with Crippen molar-refractivity contribution in [3.8, 4) is 22.7 Å². The van der Waals surface area contributed by atoms with Crippen molar-refractivity contribution in [3.05, 3.63) is 111 Å². The Kier molecular flexibility index (Phi) is 6.16. The zero-order chi connectivity index (χ0) is 23.5. The average Bonchev–Trinajstić information content (AvgIpc) is 3.24. The van der Waals surface area contributed by atoms with Crippen molar-refractivity contribution >= 4 is 22.6 Å². The van der Waals surface area contributed by atoms with Gasteiger partial charge in [0, 0.05) is 34.6 Å². The lowest BCUT2D eigenvalue weighted by molar-refractivity contribution is 0.415. The van der Waals surface area contributed by atoms with E-state index in [2.05, 4.69) is 10.3 Å². The molecule has 0 atom stereocenters. The highest BCUT2D eigenvalue weighted by molar-refractivity contribution is 6.30. The number of aromatic nitrogens is 3. The normalized spacial score (nSPS) is 11.1. The van der Waals surface area contributed by atoms with Crippen LogP contribution in [0.3, 0.4) is 0 Å². The van der Waals surface area contributed by atoms with E-state index in [1.54, 1.807) is 11.8 Å².